The Bertz CT molecular complexity index is 1480. The van der Waals surface area contributed by atoms with E-state index in [0.717, 1.165) is 0 Å². The van der Waals surface area contributed by atoms with Gasteiger partial charge in [-0.1, -0.05) is 18.2 Å². The number of ether oxygens (including phenoxy) is 2. The molecule has 1 atom stereocenters. The summed E-state index contributed by atoms with van der Waals surface area (Å²) in [6, 6.07) is 13.6. The lowest BCUT2D eigenvalue weighted by molar-refractivity contribution is -0.172. The molecule has 1 spiro atoms. The first-order chi connectivity index (χ1) is 16.8. The van der Waals surface area contributed by atoms with Gasteiger partial charge < -0.3 is 24.5 Å². The largest absolute Gasteiger partial charge is 0.508 e. The summed E-state index contributed by atoms with van der Waals surface area (Å²) in [4.78, 5) is 54.9. The highest BCUT2D eigenvalue weighted by molar-refractivity contribution is 6.04. The van der Waals surface area contributed by atoms with E-state index in [-0.39, 0.29) is 35.7 Å². The lowest BCUT2D eigenvalue weighted by atomic mass is 9.77. The van der Waals surface area contributed by atoms with Crippen molar-refractivity contribution in [2.45, 2.75) is 18.4 Å². The molecular weight excluding hydrogens is 458 g/mol. The van der Waals surface area contributed by atoms with E-state index in [0.29, 0.717) is 21.8 Å². The Morgan fingerprint density at radius 1 is 0.914 bits per heavy atom. The summed E-state index contributed by atoms with van der Waals surface area (Å²) in [5.41, 5.74) is -0.689. The lowest BCUT2D eigenvalue weighted by Crippen LogP contribution is -2.35. The van der Waals surface area contributed by atoms with E-state index in [4.69, 9.17) is 14.3 Å². The van der Waals surface area contributed by atoms with Gasteiger partial charge in [-0.25, -0.2) is 9.59 Å². The van der Waals surface area contributed by atoms with Crippen LogP contribution >= 0.6 is 0 Å². The molecule has 1 unspecified atom stereocenters. The van der Waals surface area contributed by atoms with Crippen molar-refractivity contribution in [2.24, 2.45) is 0 Å². The molecule has 2 N–H and O–H groups in total. The summed E-state index contributed by atoms with van der Waals surface area (Å²) >= 11 is 0. The minimum atomic E-state index is -1.56. The van der Waals surface area contributed by atoms with Gasteiger partial charge in [-0.2, -0.15) is 0 Å². The molecule has 174 valence electrons. The number of hydrogen-bond donors (Lipinski definition) is 2. The third kappa shape index (κ3) is 2.76. The van der Waals surface area contributed by atoms with Gasteiger partial charge in [0.1, 0.15) is 22.8 Å². The second-order valence-corrected chi connectivity index (χ2v) is 8.20. The number of esters is 1. The molecule has 10 heteroatoms. The number of imide groups is 1. The molecule has 2 amide bonds. The SMILES string of the molecule is O=C1OC2(c3ccc(O)cc3Oc3c2ccc(O)c3C(=O)ON2C(=O)CCC2=O)c2ccccc21. The van der Waals surface area contributed by atoms with Crippen LogP contribution in [0.1, 0.15) is 50.2 Å². The highest BCUT2D eigenvalue weighted by Gasteiger charge is 2.54. The Morgan fingerprint density at radius 2 is 1.63 bits per heavy atom. The van der Waals surface area contributed by atoms with Gasteiger partial charge in [-0.05, 0) is 30.3 Å². The van der Waals surface area contributed by atoms with E-state index in [1.807, 2.05) is 0 Å². The molecule has 1 fully saturated rings. The second kappa shape index (κ2) is 7.07. The zero-order chi connectivity index (χ0) is 24.5. The minimum Gasteiger partial charge on any atom is -0.508 e. The fourth-order valence-electron chi connectivity index (χ4n) is 4.70. The van der Waals surface area contributed by atoms with E-state index in [2.05, 4.69) is 0 Å². The molecule has 3 aromatic rings. The fraction of sp³-hybridized carbons (Fsp3) is 0.120. The number of phenols is 2. The first-order valence-electron chi connectivity index (χ1n) is 10.6. The number of benzene rings is 3. The quantitative estimate of drug-likeness (QED) is 0.425. The highest BCUT2D eigenvalue weighted by atomic mass is 16.7. The van der Waals surface area contributed by atoms with Gasteiger partial charge in [-0.3, -0.25) is 9.59 Å². The van der Waals surface area contributed by atoms with E-state index in [9.17, 15) is 29.4 Å². The number of nitrogens with zero attached hydrogens (tertiary/aromatic N) is 1. The van der Waals surface area contributed by atoms with Crippen LogP contribution in [0.2, 0.25) is 0 Å². The summed E-state index contributed by atoms with van der Waals surface area (Å²) < 4.78 is 11.9. The summed E-state index contributed by atoms with van der Waals surface area (Å²) in [6.07, 6.45) is -0.214. The third-order valence-corrected chi connectivity index (χ3v) is 6.23. The number of hydrogen-bond acceptors (Lipinski definition) is 9. The van der Waals surface area contributed by atoms with Gasteiger partial charge in [0.2, 0.25) is 0 Å². The van der Waals surface area contributed by atoms with E-state index >= 15 is 0 Å². The third-order valence-electron chi connectivity index (χ3n) is 6.23. The summed E-state index contributed by atoms with van der Waals surface area (Å²) in [5, 5.41) is 21.0. The Labute approximate surface area is 196 Å². The average molecular weight is 473 g/mol. The smallest absolute Gasteiger partial charge is 0.371 e. The van der Waals surface area contributed by atoms with Crippen LogP contribution in [0.4, 0.5) is 0 Å². The zero-order valence-corrected chi connectivity index (χ0v) is 17.8. The molecule has 35 heavy (non-hydrogen) atoms. The van der Waals surface area contributed by atoms with Crippen LogP contribution in [-0.4, -0.2) is 39.0 Å². The monoisotopic (exact) mass is 473 g/mol. The summed E-state index contributed by atoms with van der Waals surface area (Å²) in [5.74, 6) is -4.08. The molecule has 10 nitrogen and oxygen atoms in total. The number of aromatic hydroxyl groups is 2. The standard InChI is InChI=1S/C25H15NO9/c27-12-5-6-15-18(11-12)33-22-16(25(15)14-4-2-1-3-13(14)23(31)34-25)7-8-17(28)21(22)24(32)35-26-19(29)9-10-20(26)30/h1-8,11,27-28H,9-10H2. The van der Waals surface area contributed by atoms with Crippen molar-refractivity contribution < 1.29 is 43.7 Å². The summed E-state index contributed by atoms with van der Waals surface area (Å²) in [7, 11) is 0. The van der Waals surface area contributed by atoms with Crippen LogP contribution in [0.15, 0.2) is 54.6 Å². The van der Waals surface area contributed by atoms with E-state index < -0.39 is 40.7 Å². The Kier molecular flexibility index (Phi) is 4.19. The molecular formula is C25H15NO9. The highest BCUT2D eigenvalue weighted by Crippen LogP contribution is 2.58. The number of phenolic OH excluding ortho intramolecular Hbond substituents is 2. The van der Waals surface area contributed by atoms with Crippen molar-refractivity contribution in [3.8, 4) is 23.0 Å². The molecule has 3 aromatic carbocycles. The second-order valence-electron chi connectivity index (χ2n) is 8.20. The van der Waals surface area contributed by atoms with Gasteiger partial charge >= 0.3 is 11.9 Å². The Morgan fingerprint density at radius 3 is 2.40 bits per heavy atom. The van der Waals surface area contributed by atoms with Gasteiger partial charge in [0.15, 0.2) is 11.4 Å². The normalized spacial score (nSPS) is 19.7. The molecule has 6 rings (SSSR count). The maximum atomic E-state index is 13.1. The fourth-order valence-corrected chi connectivity index (χ4v) is 4.70. The molecule has 0 radical (unpaired) electrons. The van der Waals surface area contributed by atoms with Crippen molar-refractivity contribution in [3.05, 3.63) is 82.4 Å². The molecule has 0 aromatic heterocycles. The molecule has 0 aliphatic carbocycles. The topological polar surface area (TPSA) is 140 Å². The van der Waals surface area contributed by atoms with Crippen LogP contribution in [0.3, 0.4) is 0 Å². The molecule has 0 saturated carbocycles. The van der Waals surface area contributed by atoms with Gasteiger partial charge in [0, 0.05) is 35.6 Å². The van der Waals surface area contributed by atoms with Crippen molar-refractivity contribution in [1.82, 2.24) is 5.06 Å². The predicted octanol–water partition coefficient (Wildman–Crippen LogP) is 2.89. The first-order valence-corrected chi connectivity index (χ1v) is 10.6. The maximum absolute atomic E-state index is 13.1. The Hall–Kier alpha value is -4.86. The number of carbonyl (C=O) groups excluding carboxylic acids is 4. The predicted molar refractivity (Wildman–Crippen MR) is 115 cm³/mol. The zero-order valence-electron chi connectivity index (χ0n) is 17.8. The molecule has 3 aliphatic rings. The number of fused-ring (bicyclic) bond motifs is 6. The van der Waals surface area contributed by atoms with Gasteiger partial charge in [0.05, 0.1) is 5.56 Å². The van der Waals surface area contributed by atoms with Crippen LogP contribution < -0.4 is 4.74 Å². The minimum absolute atomic E-state index is 0.0648. The molecule has 3 aliphatic heterocycles. The molecule has 1 saturated heterocycles. The molecule has 0 bridgehead atoms. The van der Waals surface area contributed by atoms with Crippen molar-refractivity contribution in [3.63, 3.8) is 0 Å². The first kappa shape index (κ1) is 20.7. The molecule has 3 heterocycles. The van der Waals surface area contributed by atoms with Crippen molar-refractivity contribution in [1.29, 1.82) is 0 Å². The Balaban J connectivity index is 1.59. The number of rotatable bonds is 2. The average Bonchev–Trinajstić information content (AvgIpc) is 3.30. The van der Waals surface area contributed by atoms with Crippen LogP contribution in [-0.2, 0) is 24.8 Å². The van der Waals surface area contributed by atoms with E-state index in [1.54, 1.807) is 24.3 Å². The van der Waals surface area contributed by atoms with Crippen LogP contribution in [0, 0.1) is 0 Å². The van der Waals surface area contributed by atoms with Crippen molar-refractivity contribution >= 4 is 23.8 Å². The van der Waals surface area contributed by atoms with E-state index in [1.165, 1.54) is 30.3 Å². The maximum Gasteiger partial charge on any atom is 0.371 e. The van der Waals surface area contributed by atoms with Crippen LogP contribution in [0.5, 0.6) is 23.0 Å². The van der Waals surface area contributed by atoms with Crippen LogP contribution in [0.25, 0.3) is 0 Å². The lowest BCUT2D eigenvalue weighted by Gasteiger charge is -2.37. The number of amides is 2. The number of carbonyl (C=O) groups is 4. The number of hydroxylamine groups is 2. The summed E-state index contributed by atoms with van der Waals surface area (Å²) in [6.45, 7) is 0. The van der Waals surface area contributed by atoms with Gasteiger partial charge in [0.25, 0.3) is 11.8 Å². The van der Waals surface area contributed by atoms with Gasteiger partial charge in [-0.15, -0.1) is 5.06 Å². The van der Waals surface area contributed by atoms with Crippen molar-refractivity contribution in [2.75, 3.05) is 0 Å².